The summed E-state index contributed by atoms with van der Waals surface area (Å²) in [5.41, 5.74) is 2.42. The van der Waals surface area contributed by atoms with Crippen LogP contribution in [0, 0.1) is 11.3 Å². The van der Waals surface area contributed by atoms with Crippen molar-refractivity contribution in [2.24, 2.45) is 0 Å². The molecular weight excluding hydrogens is 304 g/mol. The Kier molecular flexibility index (Phi) is 4.51. The number of hydrogen-bond donors (Lipinski definition) is 0. The van der Waals surface area contributed by atoms with Crippen LogP contribution < -0.4 is 4.74 Å². The topological polar surface area (TPSA) is 45.9 Å². The fraction of sp³-hybridized carbons (Fsp3) is 0.0526. The Morgan fingerprint density at radius 1 is 1.22 bits per heavy atom. The highest BCUT2D eigenvalue weighted by Gasteiger charge is 2.08. The van der Waals surface area contributed by atoms with Crippen LogP contribution in [0.3, 0.4) is 0 Å². The standard InChI is InChI=1S/C19H14N2OS/c1-2-11-22-16-9-7-14(8-10-16)12-15(13-20)19-21-17-5-3-4-6-18(17)23-19/h2-10,12H,1,11H2/b15-12+. The Bertz CT molecular complexity index is 868. The lowest BCUT2D eigenvalue weighted by atomic mass is 10.1. The lowest BCUT2D eigenvalue weighted by molar-refractivity contribution is 0.363. The highest BCUT2D eigenvalue weighted by Crippen LogP contribution is 2.28. The lowest BCUT2D eigenvalue weighted by Crippen LogP contribution is -1.92. The van der Waals surface area contributed by atoms with E-state index in [9.17, 15) is 5.26 Å². The second-order valence-electron chi connectivity index (χ2n) is 4.83. The summed E-state index contributed by atoms with van der Waals surface area (Å²) in [6, 6.07) is 17.7. The second kappa shape index (κ2) is 6.91. The Morgan fingerprint density at radius 3 is 2.70 bits per heavy atom. The highest BCUT2D eigenvalue weighted by atomic mass is 32.1. The van der Waals surface area contributed by atoms with Crippen molar-refractivity contribution in [3.8, 4) is 11.8 Å². The predicted octanol–water partition coefficient (Wildman–Crippen LogP) is 4.93. The van der Waals surface area contributed by atoms with Crippen molar-refractivity contribution in [1.29, 1.82) is 5.26 Å². The van der Waals surface area contributed by atoms with E-state index in [0.717, 1.165) is 26.5 Å². The number of aromatic nitrogens is 1. The van der Waals surface area contributed by atoms with Gasteiger partial charge in [-0.15, -0.1) is 11.3 Å². The molecule has 0 amide bonds. The van der Waals surface area contributed by atoms with Gasteiger partial charge in [0, 0.05) is 0 Å². The molecule has 0 N–H and O–H groups in total. The van der Waals surface area contributed by atoms with E-state index in [1.54, 1.807) is 6.08 Å². The molecule has 0 unspecified atom stereocenters. The van der Waals surface area contributed by atoms with Gasteiger partial charge in [-0.25, -0.2) is 4.98 Å². The maximum absolute atomic E-state index is 9.45. The van der Waals surface area contributed by atoms with Crippen LogP contribution in [-0.2, 0) is 0 Å². The molecule has 1 heterocycles. The van der Waals surface area contributed by atoms with Crippen LogP contribution in [0.25, 0.3) is 21.9 Å². The first-order valence-electron chi connectivity index (χ1n) is 7.11. The van der Waals surface area contributed by atoms with Crippen molar-refractivity contribution in [2.75, 3.05) is 6.61 Å². The molecule has 23 heavy (non-hydrogen) atoms. The minimum Gasteiger partial charge on any atom is -0.490 e. The lowest BCUT2D eigenvalue weighted by Gasteiger charge is -2.03. The molecule has 0 aliphatic carbocycles. The number of ether oxygens (including phenoxy) is 1. The highest BCUT2D eigenvalue weighted by molar-refractivity contribution is 7.19. The van der Waals surface area contributed by atoms with Crippen molar-refractivity contribution < 1.29 is 4.74 Å². The molecule has 2 aromatic carbocycles. The molecule has 0 bridgehead atoms. The van der Waals surface area contributed by atoms with E-state index < -0.39 is 0 Å². The number of allylic oxidation sites excluding steroid dienone is 1. The molecular formula is C19H14N2OS. The number of fused-ring (bicyclic) bond motifs is 1. The Morgan fingerprint density at radius 2 is 2.00 bits per heavy atom. The summed E-state index contributed by atoms with van der Waals surface area (Å²) in [6.45, 7) is 4.10. The molecule has 1 aromatic heterocycles. The van der Waals surface area contributed by atoms with Gasteiger partial charge in [0.2, 0.25) is 0 Å². The van der Waals surface area contributed by atoms with Gasteiger partial charge >= 0.3 is 0 Å². The van der Waals surface area contributed by atoms with Gasteiger partial charge in [-0.3, -0.25) is 0 Å². The summed E-state index contributed by atoms with van der Waals surface area (Å²) in [5.74, 6) is 0.778. The maximum Gasteiger partial charge on any atom is 0.135 e. The Hall–Kier alpha value is -2.90. The first kappa shape index (κ1) is 15.0. The minimum absolute atomic E-state index is 0.477. The van der Waals surface area contributed by atoms with Crippen LogP contribution in [0.1, 0.15) is 10.6 Å². The van der Waals surface area contributed by atoms with Gasteiger partial charge in [-0.2, -0.15) is 5.26 Å². The van der Waals surface area contributed by atoms with E-state index in [1.807, 2.05) is 54.6 Å². The largest absolute Gasteiger partial charge is 0.490 e. The average molecular weight is 318 g/mol. The van der Waals surface area contributed by atoms with E-state index in [-0.39, 0.29) is 0 Å². The zero-order valence-corrected chi connectivity index (χ0v) is 13.2. The van der Waals surface area contributed by atoms with Crippen LogP contribution in [0.2, 0.25) is 0 Å². The van der Waals surface area contributed by atoms with Gasteiger partial charge in [0.05, 0.1) is 15.8 Å². The third-order valence-corrected chi connectivity index (χ3v) is 4.27. The van der Waals surface area contributed by atoms with Gasteiger partial charge in [0.1, 0.15) is 23.4 Å². The van der Waals surface area contributed by atoms with Gasteiger partial charge < -0.3 is 4.74 Å². The van der Waals surface area contributed by atoms with Gasteiger partial charge in [-0.05, 0) is 35.9 Å². The molecule has 112 valence electrons. The Balaban J connectivity index is 1.89. The van der Waals surface area contributed by atoms with Crippen LogP contribution >= 0.6 is 11.3 Å². The van der Waals surface area contributed by atoms with Crippen molar-refractivity contribution >= 4 is 33.2 Å². The zero-order chi connectivity index (χ0) is 16.1. The molecule has 0 radical (unpaired) electrons. The average Bonchev–Trinajstić information content (AvgIpc) is 3.02. The molecule has 3 rings (SSSR count). The van der Waals surface area contributed by atoms with Crippen LogP contribution in [0.5, 0.6) is 5.75 Å². The normalized spacial score (nSPS) is 11.2. The summed E-state index contributed by atoms with van der Waals surface area (Å²) in [6.07, 6.45) is 3.55. The predicted molar refractivity (Wildman–Crippen MR) is 95.2 cm³/mol. The number of hydrogen-bond acceptors (Lipinski definition) is 4. The van der Waals surface area contributed by atoms with E-state index in [1.165, 1.54) is 11.3 Å². The number of benzene rings is 2. The molecule has 0 saturated carbocycles. The third-order valence-electron chi connectivity index (χ3n) is 3.20. The van der Waals surface area contributed by atoms with Gasteiger partial charge in [0.15, 0.2) is 0 Å². The monoisotopic (exact) mass is 318 g/mol. The number of thiazole rings is 1. The van der Waals surface area contributed by atoms with Crippen molar-refractivity contribution in [3.63, 3.8) is 0 Å². The number of para-hydroxylation sites is 1. The van der Waals surface area contributed by atoms with E-state index in [4.69, 9.17) is 4.74 Å². The van der Waals surface area contributed by atoms with E-state index in [2.05, 4.69) is 17.6 Å². The van der Waals surface area contributed by atoms with E-state index in [0.29, 0.717) is 12.2 Å². The quantitative estimate of drug-likeness (QED) is 0.495. The molecule has 0 aliphatic heterocycles. The fourth-order valence-electron chi connectivity index (χ4n) is 2.11. The van der Waals surface area contributed by atoms with Crippen LogP contribution in [0.15, 0.2) is 61.2 Å². The maximum atomic E-state index is 9.45. The number of rotatable bonds is 5. The molecule has 3 aromatic rings. The smallest absolute Gasteiger partial charge is 0.135 e. The van der Waals surface area contributed by atoms with Crippen LogP contribution in [-0.4, -0.2) is 11.6 Å². The molecule has 4 heteroatoms. The Labute approximate surface area is 138 Å². The molecule has 0 aliphatic rings. The second-order valence-corrected chi connectivity index (χ2v) is 5.86. The van der Waals surface area contributed by atoms with Crippen molar-refractivity contribution in [3.05, 3.63) is 71.8 Å². The van der Waals surface area contributed by atoms with Crippen molar-refractivity contribution in [1.82, 2.24) is 4.98 Å². The summed E-state index contributed by atoms with van der Waals surface area (Å²) in [5, 5.41) is 10.2. The third kappa shape index (κ3) is 3.47. The molecule has 0 spiro atoms. The summed E-state index contributed by atoms with van der Waals surface area (Å²) < 4.78 is 6.53. The first-order valence-corrected chi connectivity index (χ1v) is 7.93. The summed E-state index contributed by atoms with van der Waals surface area (Å²) in [4.78, 5) is 4.53. The zero-order valence-electron chi connectivity index (χ0n) is 12.4. The number of nitrogens with zero attached hydrogens (tertiary/aromatic N) is 2. The molecule has 0 atom stereocenters. The van der Waals surface area contributed by atoms with Crippen LogP contribution in [0.4, 0.5) is 0 Å². The SMILES string of the molecule is C=CCOc1ccc(/C=C(\C#N)c2nc3ccccc3s2)cc1. The summed E-state index contributed by atoms with van der Waals surface area (Å²) in [7, 11) is 0. The summed E-state index contributed by atoms with van der Waals surface area (Å²) >= 11 is 1.53. The number of nitriles is 1. The fourth-order valence-corrected chi connectivity index (χ4v) is 3.04. The van der Waals surface area contributed by atoms with Crippen molar-refractivity contribution in [2.45, 2.75) is 0 Å². The molecule has 0 saturated heterocycles. The van der Waals surface area contributed by atoms with E-state index >= 15 is 0 Å². The molecule has 0 fully saturated rings. The van der Waals surface area contributed by atoms with Gasteiger partial charge in [-0.1, -0.05) is 36.9 Å². The minimum atomic E-state index is 0.477. The van der Waals surface area contributed by atoms with Gasteiger partial charge in [0.25, 0.3) is 0 Å². The first-order chi connectivity index (χ1) is 11.3. The molecule has 3 nitrogen and oxygen atoms in total.